The van der Waals surface area contributed by atoms with E-state index in [1.54, 1.807) is 0 Å². The number of hydrogen-bond acceptors (Lipinski definition) is 9. The van der Waals surface area contributed by atoms with Crippen LogP contribution in [0.15, 0.2) is 12.2 Å². The van der Waals surface area contributed by atoms with E-state index in [0.29, 0.717) is 12.0 Å². The van der Waals surface area contributed by atoms with Crippen molar-refractivity contribution < 1.29 is 43.5 Å². The van der Waals surface area contributed by atoms with Gasteiger partial charge in [0.1, 0.15) is 18.3 Å². The van der Waals surface area contributed by atoms with Crippen LogP contribution in [0.5, 0.6) is 0 Å². The van der Waals surface area contributed by atoms with Crippen LogP contribution in [-0.2, 0) is 33.3 Å². The first-order valence-corrected chi connectivity index (χ1v) is 12.4. The van der Waals surface area contributed by atoms with E-state index >= 15 is 0 Å². The zero-order valence-corrected chi connectivity index (χ0v) is 21.2. The third kappa shape index (κ3) is 3.13. The molecule has 5 fully saturated rings. The number of epoxide rings is 1. The number of aliphatic hydroxyl groups excluding tert-OH is 1. The van der Waals surface area contributed by atoms with Crippen molar-refractivity contribution in [2.24, 2.45) is 28.1 Å². The summed E-state index contributed by atoms with van der Waals surface area (Å²) in [5, 5.41) is 23.0. The van der Waals surface area contributed by atoms with Gasteiger partial charge in [-0.15, -0.1) is 0 Å². The zero-order valence-electron chi connectivity index (χ0n) is 21.2. The molecule has 11 atom stereocenters. The molecule has 194 valence electrons. The second kappa shape index (κ2) is 7.29. The van der Waals surface area contributed by atoms with Crippen molar-refractivity contribution in [1.82, 2.24) is 0 Å². The van der Waals surface area contributed by atoms with Crippen molar-refractivity contribution in [3.8, 4) is 0 Å². The minimum absolute atomic E-state index is 0.126. The molecule has 2 N–H and O–H groups in total. The van der Waals surface area contributed by atoms with Crippen molar-refractivity contribution in [3.05, 3.63) is 12.2 Å². The van der Waals surface area contributed by atoms with Crippen molar-refractivity contribution in [3.63, 3.8) is 0 Å². The summed E-state index contributed by atoms with van der Waals surface area (Å²) in [6.45, 7) is 14.1. The van der Waals surface area contributed by atoms with Crippen LogP contribution >= 0.6 is 0 Å². The summed E-state index contributed by atoms with van der Waals surface area (Å²) in [7, 11) is 0. The van der Waals surface area contributed by atoms with Crippen LogP contribution in [-0.4, -0.2) is 70.3 Å². The van der Waals surface area contributed by atoms with Gasteiger partial charge in [0, 0.05) is 49.9 Å². The van der Waals surface area contributed by atoms with Gasteiger partial charge in [-0.1, -0.05) is 27.4 Å². The van der Waals surface area contributed by atoms with Gasteiger partial charge in [-0.3, -0.25) is 14.4 Å². The monoisotopic (exact) mass is 492 g/mol. The molecule has 2 bridgehead atoms. The van der Waals surface area contributed by atoms with E-state index in [4.69, 9.17) is 18.9 Å². The minimum atomic E-state index is -1.37. The molecule has 1 spiro atoms. The van der Waals surface area contributed by atoms with Crippen LogP contribution in [0.25, 0.3) is 0 Å². The molecular weight excluding hydrogens is 456 g/mol. The van der Waals surface area contributed by atoms with E-state index in [1.807, 2.05) is 13.8 Å². The molecule has 0 aromatic heterocycles. The highest BCUT2D eigenvalue weighted by Gasteiger charge is 2.84. The highest BCUT2D eigenvalue weighted by Crippen LogP contribution is 2.77. The maximum Gasteiger partial charge on any atom is 0.303 e. The topological polar surface area (TPSA) is 132 Å². The quantitative estimate of drug-likeness (QED) is 0.261. The van der Waals surface area contributed by atoms with Gasteiger partial charge >= 0.3 is 17.9 Å². The number of hydrogen-bond donors (Lipinski definition) is 2. The number of carbonyl (C=O) groups is 3. The zero-order chi connectivity index (χ0) is 25.9. The van der Waals surface area contributed by atoms with Crippen molar-refractivity contribution in [2.45, 2.75) is 103 Å². The Morgan fingerprint density at radius 3 is 2.09 bits per heavy atom. The molecule has 0 aromatic rings. The van der Waals surface area contributed by atoms with Crippen LogP contribution in [0.4, 0.5) is 0 Å². The summed E-state index contributed by atoms with van der Waals surface area (Å²) in [4.78, 5) is 36.4. The first-order valence-electron chi connectivity index (χ1n) is 12.4. The Balaban J connectivity index is 1.68. The van der Waals surface area contributed by atoms with Crippen molar-refractivity contribution in [1.29, 1.82) is 0 Å². The lowest BCUT2D eigenvalue weighted by Gasteiger charge is -2.65. The van der Waals surface area contributed by atoms with Gasteiger partial charge in [0.2, 0.25) is 0 Å². The molecule has 0 radical (unpaired) electrons. The fraction of sp³-hybridized carbons (Fsp3) is 0.808. The van der Waals surface area contributed by atoms with E-state index in [-0.39, 0.29) is 31.0 Å². The molecule has 9 nitrogen and oxygen atoms in total. The van der Waals surface area contributed by atoms with Gasteiger partial charge in [0.15, 0.2) is 0 Å². The molecular formula is C26H36O9. The van der Waals surface area contributed by atoms with E-state index in [2.05, 4.69) is 13.5 Å². The molecule has 0 amide bonds. The number of carbonyl (C=O) groups excluding carboxylic acids is 3. The van der Waals surface area contributed by atoms with Gasteiger partial charge in [-0.05, 0) is 23.8 Å². The summed E-state index contributed by atoms with van der Waals surface area (Å²) in [6, 6.07) is 0. The van der Waals surface area contributed by atoms with Crippen LogP contribution in [0, 0.1) is 28.1 Å². The fourth-order valence-electron chi connectivity index (χ4n) is 9.20. The third-order valence-corrected chi connectivity index (χ3v) is 9.77. The van der Waals surface area contributed by atoms with Crippen molar-refractivity contribution >= 4 is 17.9 Å². The van der Waals surface area contributed by atoms with E-state index in [9.17, 15) is 24.6 Å². The maximum atomic E-state index is 12.2. The lowest BCUT2D eigenvalue weighted by molar-refractivity contribution is -0.254. The predicted molar refractivity (Wildman–Crippen MR) is 121 cm³/mol. The molecule has 0 aromatic carbocycles. The fourth-order valence-corrected chi connectivity index (χ4v) is 9.20. The average Bonchev–Trinajstić information content (AvgIpc) is 3.45. The van der Waals surface area contributed by atoms with Gasteiger partial charge < -0.3 is 29.2 Å². The van der Waals surface area contributed by atoms with E-state index in [1.165, 1.54) is 20.8 Å². The van der Waals surface area contributed by atoms with E-state index < -0.39 is 70.1 Å². The highest BCUT2D eigenvalue weighted by molar-refractivity contribution is 5.68. The number of esters is 3. The van der Waals surface area contributed by atoms with Gasteiger partial charge in [0.25, 0.3) is 0 Å². The lowest BCUT2D eigenvalue weighted by Crippen LogP contribution is -2.71. The lowest BCUT2D eigenvalue weighted by atomic mass is 9.39. The summed E-state index contributed by atoms with van der Waals surface area (Å²) in [6.07, 6.45) is -3.08. The molecule has 1 heterocycles. The largest absolute Gasteiger partial charge is 0.462 e. The first-order chi connectivity index (χ1) is 16.1. The third-order valence-electron chi connectivity index (χ3n) is 9.77. The second-order valence-electron chi connectivity index (χ2n) is 12.3. The Bertz CT molecular complexity index is 1000. The summed E-state index contributed by atoms with van der Waals surface area (Å²) in [5.74, 6) is -1.99. The smallest absolute Gasteiger partial charge is 0.303 e. The Kier molecular flexibility index (Phi) is 5.15. The van der Waals surface area contributed by atoms with Crippen molar-refractivity contribution in [2.75, 3.05) is 0 Å². The standard InChI is InChI=1S/C26H36O9/c1-11-20(30)26-10-25(11,31)9-15(32-12(2)27)18(26)24(7)8-16(33-13(3)28)21(34-14(4)29)23(5,6)19(24)17-22(26)35-17/h15-22,30-31H,1,8-10H2,2-7H3. The molecule has 1 saturated heterocycles. The number of ether oxygens (including phenoxy) is 4. The molecule has 9 heteroatoms. The number of fused-ring (bicyclic) bond motifs is 5. The van der Waals surface area contributed by atoms with Crippen LogP contribution in [0.1, 0.15) is 60.8 Å². The van der Waals surface area contributed by atoms with Gasteiger partial charge in [-0.25, -0.2) is 0 Å². The molecule has 11 unspecified atom stereocenters. The molecule has 5 aliphatic rings. The van der Waals surface area contributed by atoms with Crippen LogP contribution < -0.4 is 0 Å². The minimum Gasteiger partial charge on any atom is -0.462 e. The summed E-state index contributed by atoms with van der Waals surface area (Å²) >= 11 is 0. The molecule has 35 heavy (non-hydrogen) atoms. The molecule has 1 aliphatic heterocycles. The number of rotatable bonds is 3. The Morgan fingerprint density at radius 1 is 0.943 bits per heavy atom. The predicted octanol–water partition coefficient (Wildman–Crippen LogP) is 1.67. The van der Waals surface area contributed by atoms with Gasteiger partial charge in [0.05, 0.1) is 23.9 Å². The molecule has 4 aliphatic carbocycles. The summed E-state index contributed by atoms with van der Waals surface area (Å²) in [5.41, 5.74) is -3.25. The Morgan fingerprint density at radius 2 is 1.51 bits per heavy atom. The van der Waals surface area contributed by atoms with Crippen LogP contribution in [0.2, 0.25) is 0 Å². The number of aliphatic hydroxyl groups is 2. The first kappa shape index (κ1) is 24.7. The summed E-state index contributed by atoms with van der Waals surface area (Å²) < 4.78 is 23.7. The highest BCUT2D eigenvalue weighted by atomic mass is 16.6. The molecule has 4 saturated carbocycles. The Labute approximate surface area is 205 Å². The SMILES string of the molecule is C=C1C(O)C23CC1(O)CC(OC(C)=O)C2C1(C)CC(OC(C)=O)C(OC(C)=O)C(C)(C)C1C1OC13. The molecule has 5 rings (SSSR count). The maximum absolute atomic E-state index is 12.2. The van der Waals surface area contributed by atoms with E-state index in [0.717, 1.165) is 0 Å². The Hall–Kier alpha value is -1.97. The van der Waals surface area contributed by atoms with Crippen LogP contribution in [0.3, 0.4) is 0 Å². The normalized spacial score (nSPS) is 50.8. The second-order valence-corrected chi connectivity index (χ2v) is 12.3. The average molecular weight is 493 g/mol. The van der Waals surface area contributed by atoms with Gasteiger partial charge in [-0.2, -0.15) is 0 Å².